The molecule has 4 N–H and O–H groups in total. The Morgan fingerprint density at radius 1 is 1.25 bits per heavy atom. The van der Waals surface area contributed by atoms with E-state index in [-0.39, 0.29) is 30.2 Å². The zero-order chi connectivity index (χ0) is 16.9. The van der Waals surface area contributed by atoms with E-state index in [4.69, 9.17) is 5.73 Å². The van der Waals surface area contributed by atoms with Crippen LogP contribution in [0.5, 0.6) is 0 Å². The molecule has 1 heterocycles. The van der Waals surface area contributed by atoms with Gasteiger partial charge in [-0.25, -0.2) is 0 Å². The fraction of sp³-hybridized carbons (Fsp3) is 0.611. The van der Waals surface area contributed by atoms with Crippen LogP contribution in [0.1, 0.15) is 38.5 Å². The van der Waals surface area contributed by atoms with Crippen LogP contribution in [0.3, 0.4) is 0 Å². The highest BCUT2D eigenvalue weighted by molar-refractivity contribution is 5.91. The lowest BCUT2D eigenvalue weighted by Crippen LogP contribution is -2.49. The number of aromatic nitrogens is 1. The summed E-state index contributed by atoms with van der Waals surface area (Å²) in [6.45, 7) is 0.364. The molecule has 2 aliphatic rings. The van der Waals surface area contributed by atoms with Crippen molar-refractivity contribution < 1.29 is 9.59 Å². The van der Waals surface area contributed by atoms with E-state index in [1.54, 1.807) is 24.5 Å². The van der Waals surface area contributed by atoms with E-state index in [0.29, 0.717) is 24.1 Å². The molecule has 24 heavy (non-hydrogen) atoms. The number of carbonyl (C=O) groups is 2. The third-order valence-electron chi connectivity index (χ3n) is 5.38. The maximum absolute atomic E-state index is 12.4. The zero-order valence-corrected chi connectivity index (χ0v) is 13.9. The monoisotopic (exact) mass is 330 g/mol. The summed E-state index contributed by atoms with van der Waals surface area (Å²) in [4.78, 5) is 28.2. The van der Waals surface area contributed by atoms with Crippen molar-refractivity contribution in [1.82, 2.24) is 10.3 Å². The normalized spacial score (nSPS) is 28.9. The molecule has 2 fully saturated rings. The fourth-order valence-corrected chi connectivity index (χ4v) is 4.11. The molecule has 3 rings (SSSR count). The maximum atomic E-state index is 12.4. The molecule has 130 valence electrons. The predicted molar refractivity (Wildman–Crippen MR) is 92.0 cm³/mol. The molecule has 2 amide bonds. The predicted octanol–water partition coefficient (Wildman–Crippen LogP) is 1.68. The Kier molecular flexibility index (Phi) is 5.45. The second-order valence-corrected chi connectivity index (χ2v) is 7.03. The Balaban J connectivity index is 1.40. The van der Waals surface area contributed by atoms with Gasteiger partial charge in [0.05, 0.1) is 11.9 Å². The maximum Gasteiger partial charge on any atom is 0.226 e. The minimum atomic E-state index is -0.120. The molecule has 2 aliphatic carbocycles. The molecule has 0 radical (unpaired) electrons. The number of fused-ring (bicyclic) bond motifs is 2. The van der Waals surface area contributed by atoms with E-state index in [1.807, 2.05) is 0 Å². The third-order valence-corrected chi connectivity index (χ3v) is 5.38. The van der Waals surface area contributed by atoms with Crippen LogP contribution < -0.4 is 16.4 Å². The number of amides is 2. The quantitative estimate of drug-likeness (QED) is 0.765. The van der Waals surface area contributed by atoms with Crippen molar-refractivity contribution in [2.24, 2.45) is 23.5 Å². The number of carbonyl (C=O) groups excluding carboxylic acids is 2. The van der Waals surface area contributed by atoms with Gasteiger partial charge in [-0.1, -0.05) is 6.42 Å². The highest BCUT2D eigenvalue weighted by Gasteiger charge is 2.40. The molecule has 2 bridgehead atoms. The molecule has 0 saturated heterocycles. The number of nitrogens with one attached hydrogen (secondary N) is 2. The molecule has 0 aromatic carbocycles. The Hall–Kier alpha value is -1.95. The van der Waals surface area contributed by atoms with Crippen LogP contribution in [0.25, 0.3) is 0 Å². The SMILES string of the molecule is NC1C2CCCC1CC(C(=O)NCCC(=O)Nc1cccnc1)C2. The van der Waals surface area contributed by atoms with Crippen molar-refractivity contribution in [2.75, 3.05) is 11.9 Å². The molecule has 2 saturated carbocycles. The van der Waals surface area contributed by atoms with Gasteiger partial charge < -0.3 is 16.4 Å². The molecule has 6 nitrogen and oxygen atoms in total. The first-order chi connectivity index (χ1) is 11.6. The van der Waals surface area contributed by atoms with Gasteiger partial charge in [-0.2, -0.15) is 0 Å². The second kappa shape index (κ2) is 7.75. The average molecular weight is 330 g/mol. The van der Waals surface area contributed by atoms with Crippen LogP contribution in [-0.4, -0.2) is 29.4 Å². The number of anilines is 1. The van der Waals surface area contributed by atoms with Gasteiger partial charge >= 0.3 is 0 Å². The summed E-state index contributed by atoms with van der Waals surface area (Å²) < 4.78 is 0. The molecular weight excluding hydrogens is 304 g/mol. The first kappa shape index (κ1) is 16.9. The lowest BCUT2D eigenvalue weighted by molar-refractivity contribution is -0.128. The summed E-state index contributed by atoms with van der Waals surface area (Å²) in [5, 5.41) is 5.68. The third kappa shape index (κ3) is 4.12. The van der Waals surface area contributed by atoms with Crippen LogP contribution in [0.2, 0.25) is 0 Å². The van der Waals surface area contributed by atoms with Crippen molar-refractivity contribution >= 4 is 17.5 Å². The summed E-state index contributed by atoms with van der Waals surface area (Å²) in [6, 6.07) is 3.82. The van der Waals surface area contributed by atoms with Gasteiger partial charge in [0.1, 0.15) is 0 Å². The van der Waals surface area contributed by atoms with Gasteiger partial charge in [-0.05, 0) is 49.7 Å². The van der Waals surface area contributed by atoms with E-state index in [9.17, 15) is 9.59 Å². The molecular formula is C18H26N4O2. The van der Waals surface area contributed by atoms with Crippen molar-refractivity contribution in [3.63, 3.8) is 0 Å². The van der Waals surface area contributed by atoms with Gasteiger partial charge in [-0.3, -0.25) is 14.6 Å². The first-order valence-electron chi connectivity index (χ1n) is 8.86. The number of pyridine rings is 1. The van der Waals surface area contributed by atoms with Crippen LogP contribution in [0.15, 0.2) is 24.5 Å². The Labute approximate surface area is 142 Å². The number of hydrogen-bond donors (Lipinski definition) is 3. The number of rotatable bonds is 5. The van der Waals surface area contributed by atoms with Crippen molar-refractivity contribution in [1.29, 1.82) is 0 Å². The Morgan fingerprint density at radius 2 is 2.00 bits per heavy atom. The van der Waals surface area contributed by atoms with Crippen molar-refractivity contribution in [2.45, 2.75) is 44.6 Å². The molecule has 0 spiro atoms. The van der Waals surface area contributed by atoms with Crippen molar-refractivity contribution in [3.05, 3.63) is 24.5 Å². The standard InChI is InChI=1S/C18H26N4O2/c19-17-12-3-1-4-13(17)10-14(9-12)18(24)21-8-6-16(23)22-15-5-2-7-20-11-15/h2,5,7,11-14,17H,1,3-4,6,8-10,19H2,(H,21,24)(H,22,23). The number of nitrogens with two attached hydrogens (primary N) is 1. The summed E-state index contributed by atoms with van der Waals surface area (Å²) in [6.07, 6.45) is 8.84. The summed E-state index contributed by atoms with van der Waals surface area (Å²) in [7, 11) is 0. The van der Waals surface area contributed by atoms with E-state index < -0.39 is 0 Å². The van der Waals surface area contributed by atoms with Crippen LogP contribution >= 0.6 is 0 Å². The second-order valence-electron chi connectivity index (χ2n) is 7.03. The van der Waals surface area contributed by atoms with Gasteiger partial charge in [0.25, 0.3) is 0 Å². The topological polar surface area (TPSA) is 97.1 Å². The molecule has 6 heteroatoms. The Bertz CT molecular complexity index is 564. The van der Waals surface area contributed by atoms with E-state index in [1.165, 1.54) is 6.42 Å². The summed E-state index contributed by atoms with van der Waals surface area (Å²) in [5.41, 5.74) is 6.94. The van der Waals surface area contributed by atoms with E-state index >= 15 is 0 Å². The first-order valence-corrected chi connectivity index (χ1v) is 8.86. The minimum Gasteiger partial charge on any atom is -0.355 e. The molecule has 2 atom stereocenters. The highest BCUT2D eigenvalue weighted by atomic mass is 16.2. The molecule has 1 aromatic heterocycles. The van der Waals surface area contributed by atoms with Gasteiger partial charge in [0, 0.05) is 31.1 Å². The molecule has 2 unspecified atom stereocenters. The average Bonchev–Trinajstić information content (AvgIpc) is 2.55. The zero-order valence-electron chi connectivity index (χ0n) is 13.9. The molecule has 1 aromatic rings. The fourth-order valence-electron chi connectivity index (χ4n) is 4.11. The number of nitrogens with zero attached hydrogens (tertiary/aromatic N) is 1. The van der Waals surface area contributed by atoms with E-state index in [0.717, 1.165) is 25.7 Å². The minimum absolute atomic E-state index is 0.0569. The van der Waals surface area contributed by atoms with Crippen LogP contribution in [0, 0.1) is 17.8 Å². The summed E-state index contributed by atoms with van der Waals surface area (Å²) in [5.74, 6) is 0.990. The smallest absolute Gasteiger partial charge is 0.226 e. The van der Waals surface area contributed by atoms with E-state index in [2.05, 4.69) is 15.6 Å². The van der Waals surface area contributed by atoms with Crippen LogP contribution in [-0.2, 0) is 9.59 Å². The summed E-state index contributed by atoms with van der Waals surface area (Å²) >= 11 is 0. The molecule has 0 aliphatic heterocycles. The van der Waals surface area contributed by atoms with Gasteiger partial charge in [0.15, 0.2) is 0 Å². The largest absolute Gasteiger partial charge is 0.355 e. The van der Waals surface area contributed by atoms with Crippen molar-refractivity contribution in [3.8, 4) is 0 Å². The number of hydrogen-bond acceptors (Lipinski definition) is 4. The lowest BCUT2D eigenvalue weighted by atomic mass is 9.65. The van der Waals surface area contributed by atoms with Crippen LogP contribution in [0.4, 0.5) is 5.69 Å². The highest BCUT2D eigenvalue weighted by Crippen LogP contribution is 2.41. The van der Waals surface area contributed by atoms with Gasteiger partial charge in [0.2, 0.25) is 11.8 Å². The Morgan fingerprint density at radius 3 is 2.67 bits per heavy atom. The lowest BCUT2D eigenvalue weighted by Gasteiger charge is -2.43. The van der Waals surface area contributed by atoms with Gasteiger partial charge in [-0.15, -0.1) is 0 Å².